The molecule has 1 aliphatic heterocycles. The molecule has 0 aliphatic carbocycles. The van der Waals surface area contributed by atoms with E-state index in [9.17, 15) is 14.7 Å². The number of hydrogen-bond acceptors (Lipinski definition) is 5. The van der Waals surface area contributed by atoms with Crippen LogP contribution in [0.15, 0.2) is 59.5 Å². The number of benzene rings is 2. The Morgan fingerprint density at radius 1 is 1.09 bits per heavy atom. The van der Waals surface area contributed by atoms with Gasteiger partial charge in [0, 0.05) is 21.2 Å². The first-order valence-corrected chi connectivity index (χ1v) is 11.4. The van der Waals surface area contributed by atoms with Crippen LogP contribution in [-0.2, 0) is 9.59 Å². The number of aryl methyl sites for hydroxylation is 2. The first kappa shape index (κ1) is 22.1. The maximum atomic E-state index is 13.2. The Kier molecular flexibility index (Phi) is 6.09. The monoisotopic (exact) mass is 467 g/mol. The van der Waals surface area contributed by atoms with Crippen molar-refractivity contribution in [3.05, 3.63) is 86.1 Å². The van der Waals surface area contributed by atoms with Gasteiger partial charge in [0.25, 0.3) is 11.7 Å². The molecule has 1 unspecified atom stereocenters. The number of ketones is 1. The van der Waals surface area contributed by atoms with E-state index in [1.165, 1.54) is 16.2 Å². The van der Waals surface area contributed by atoms with Gasteiger partial charge in [-0.15, -0.1) is 11.3 Å². The second-order valence-electron chi connectivity index (χ2n) is 7.53. The number of rotatable bonds is 5. The third-order valence-electron chi connectivity index (χ3n) is 5.45. The summed E-state index contributed by atoms with van der Waals surface area (Å²) in [5, 5.41) is 13.7. The summed E-state index contributed by atoms with van der Waals surface area (Å²) in [4.78, 5) is 28.6. The molecule has 3 aromatic rings. The molecule has 1 aliphatic rings. The lowest BCUT2D eigenvalue weighted by Gasteiger charge is -2.25. The predicted molar refractivity (Wildman–Crippen MR) is 128 cm³/mol. The lowest BCUT2D eigenvalue weighted by molar-refractivity contribution is -0.132. The van der Waals surface area contributed by atoms with E-state index in [2.05, 4.69) is 0 Å². The van der Waals surface area contributed by atoms with Crippen LogP contribution < -0.4 is 9.64 Å². The van der Waals surface area contributed by atoms with Gasteiger partial charge < -0.3 is 9.84 Å². The average Bonchev–Trinajstić information content (AvgIpc) is 3.30. The minimum absolute atomic E-state index is 0.0686. The Labute approximate surface area is 195 Å². The SMILES string of the molecule is CCOc1ccc(/C(O)=C2/C(=O)C(=O)N(c3ccc(Cl)cc3)C2c2sccc2C)cc1C. The Bertz CT molecular complexity index is 1230. The van der Waals surface area contributed by atoms with Gasteiger partial charge in [-0.1, -0.05) is 11.6 Å². The molecule has 0 saturated carbocycles. The van der Waals surface area contributed by atoms with E-state index in [1.54, 1.807) is 42.5 Å². The summed E-state index contributed by atoms with van der Waals surface area (Å²) in [6, 6.07) is 13.2. The van der Waals surface area contributed by atoms with Crippen LogP contribution in [0.25, 0.3) is 5.76 Å². The van der Waals surface area contributed by atoms with Crippen molar-refractivity contribution in [2.75, 3.05) is 11.5 Å². The highest BCUT2D eigenvalue weighted by atomic mass is 35.5. The lowest BCUT2D eigenvalue weighted by atomic mass is 9.97. The van der Waals surface area contributed by atoms with Crippen molar-refractivity contribution < 1.29 is 19.4 Å². The zero-order valence-electron chi connectivity index (χ0n) is 17.9. The topological polar surface area (TPSA) is 66.8 Å². The Balaban J connectivity index is 1.90. The van der Waals surface area contributed by atoms with Crippen molar-refractivity contribution in [1.29, 1.82) is 0 Å². The summed E-state index contributed by atoms with van der Waals surface area (Å²) in [6.07, 6.45) is 0. The normalized spacial score (nSPS) is 17.8. The van der Waals surface area contributed by atoms with Gasteiger partial charge in [-0.25, -0.2) is 0 Å². The number of aliphatic hydroxyl groups excluding tert-OH is 1. The number of carbonyl (C=O) groups is 2. The van der Waals surface area contributed by atoms with Crippen LogP contribution in [0, 0.1) is 13.8 Å². The maximum absolute atomic E-state index is 13.2. The molecular formula is C25H22ClNO4S. The van der Waals surface area contributed by atoms with Crippen LogP contribution in [0.3, 0.4) is 0 Å². The van der Waals surface area contributed by atoms with Crippen LogP contribution >= 0.6 is 22.9 Å². The summed E-state index contributed by atoms with van der Waals surface area (Å²) in [5.41, 5.74) is 2.83. The van der Waals surface area contributed by atoms with E-state index >= 15 is 0 Å². The fourth-order valence-corrected chi connectivity index (χ4v) is 5.03. The minimum Gasteiger partial charge on any atom is -0.507 e. The molecule has 0 bridgehead atoms. The number of Topliss-reactive ketones (excluding diaryl/α,β-unsaturated/α-hetero) is 1. The van der Waals surface area contributed by atoms with Gasteiger partial charge in [0.05, 0.1) is 12.2 Å². The van der Waals surface area contributed by atoms with Crippen molar-refractivity contribution in [1.82, 2.24) is 0 Å². The molecule has 0 radical (unpaired) electrons. The van der Waals surface area contributed by atoms with E-state index in [0.717, 1.165) is 16.0 Å². The Morgan fingerprint density at radius 3 is 2.41 bits per heavy atom. The van der Waals surface area contributed by atoms with Crippen molar-refractivity contribution in [3.63, 3.8) is 0 Å². The van der Waals surface area contributed by atoms with Gasteiger partial charge in [0.1, 0.15) is 17.6 Å². The summed E-state index contributed by atoms with van der Waals surface area (Å²) < 4.78 is 5.58. The second-order valence-corrected chi connectivity index (χ2v) is 8.91. The number of hydrogen-bond donors (Lipinski definition) is 1. The zero-order valence-corrected chi connectivity index (χ0v) is 19.5. The van der Waals surface area contributed by atoms with Crippen molar-refractivity contribution in [2.24, 2.45) is 0 Å². The molecule has 1 atom stereocenters. The molecule has 1 aromatic heterocycles. The number of aliphatic hydroxyl groups is 1. The molecule has 1 saturated heterocycles. The highest BCUT2D eigenvalue weighted by molar-refractivity contribution is 7.10. The van der Waals surface area contributed by atoms with Gasteiger partial charge in [-0.2, -0.15) is 0 Å². The number of nitrogens with zero attached hydrogens (tertiary/aromatic N) is 1. The van der Waals surface area contributed by atoms with Crippen LogP contribution in [0.4, 0.5) is 5.69 Å². The first-order valence-electron chi connectivity index (χ1n) is 10.2. The molecule has 0 spiro atoms. The van der Waals surface area contributed by atoms with Crippen LogP contribution in [0.5, 0.6) is 5.75 Å². The van der Waals surface area contributed by atoms with E-state index < -0.39 is 17.7 Å². The number of halogens is 1. The molecule has 164 valence electrons. The molecule has 1 N–H and O–H groups in total. The van der Waals surface area contributed by atoms with Crippen LogP contribution in [0.2, 0.25) is 5.02 Å². The van der Waals surface area contributed by atoms with Gasteiger partial charge in [0.2, 0.25) is 0 Å². The van der Waals surface area contributed by atoms with E-state index in [4.69, 9.17) is 16.3 Å². The van der Waals surface area contributed by atoms with E-state index in [0.29, 0.717) is 28.6 Å². The highest BCUT2D eigenvalue weighted by Gasteiger charge is 2.47. The van der Waals surface area contributed by atoms with Crippen molar-refractivity contribution >= 4 is 46.1 Å². The highest BCUT2D eigenvalue weighted by Crippen LogP contribution is 2.45. The first-order chi connectivity index (χ1) is 15.3. The van der Waals surface area contributed by atoms with Crippen molar-refractivity contribution in [2.45, 2.75) is 26.8 Å². The molecule has 4 rings (SSSR count). The maximum Gasteiger partial charge on any atom is 0.300 e. The molecule has 1 fully saturated rings. The second kappa shape index (κ2) is 8.81. The van der Waals surface area contributed by atoms with E-state index in [1.807, 2.05) is 32.2 Å². The number of ether oxygens (including phenoxy) is 1. The predicted octanol–water partition coefficient (Wildman–Crippen LogP) is 6.04. The zero-order chi connectivity index (χ0) is 23.0. The third kappa shape index (κ3) is 3.80. The quantitative estimate of drug-likeness (QED) is 0.282. The summed E-state index contributed by atoms with van der Waals surface area (Å²) in [6.45, 7) is 6.22. The standard InChI is InChI=1S/C25H22ClNO4S/c1-4-31-19-10-5-16(13-15(19)3)22(28)20-21(24-14(2)11-12-32-24)27(25(30)23(20)29)18-8-6-17(26)7-9-18/h5-13,21,28H,4H2,1-3H3/b22-20-. The van der Waals surface area contributed by atoms with Crippen LogP contribution in [0.1, 0.15) is 34.5 Å². The van der Waals surface area contributed by atoms with Crippen LogP contribution in [-0.4, -0.2) is 23.4 Å². The molecule has 2 aromatic carbocycles. The minimum atomic E-state index is -0.733. The van der Waals surface area contributed by atoms with Crippen molar-refractivity contribution in [3.8, 4) is 5.75 Å². The molecular weight excluding hydrogens is 446 g/mol. The molecule has 2 heterocycles. The van der Waals surface area contributed by atoms with Gasteiger partial charge in [-0.3, -0.25) is 14.5 Å². The lowest BCUT2D eigenvalue weighted by Crippen LogP contribution is -2.29. The molecule has 1 amide bonds. The Hall–Kier alpha value is -3.09. The fraction of sp³-hybridized carbons (Fsp3) is 0.200. The Morgan fingerprint density at radius 2 is 1.81 bits per heavy atom. The van der Waals surface area contributed by atoms with Gasteiger partial charge >= 0.3 is 0 Å². The summed E-state index contributed by atoms with van der Waals surface area (Å²) >= 11 is 7.47. The van der Waals surface area contributed by atoms with E-state index in [-0.39, 0.29) is 11.3 Å². The van der Waals surface area contributed by atoms with Gasteiger partial charge in [-0.05, 0) is 85.8 Å². The molecule has 32 heavy (non-hydrogen) atoms. The smallest absolute Gasteiger partial charge is 0.300 e. The molecule has 5 nitrogen and oxygen atoms in total. The van der Waals surface area contributed by atoms with Gasteiger partial charge in [0.15, 0.2) is 0 Å². The average molecular weight is 468 g/mol. The number of thiophene rings is 1. The largest absolute Gasteiger partial charge is 0.507 e. The third-order valence-corrected chi connectivity index (χ3v) is 6.77. The summed E-state index contributed by atoms with van der Waals surface area (Å²) in [7, 11) is 0. The molecule has 7 heteroatoms. The fourth-order valence-electron chi connectivity index (χ4n) is 3.88. The summed E-state index contributed by atoms with van der Waals surface area (Å²) in [5.74, 6) is -0.906. The number of anilines is 1. The number of carbonyl (C=O) groups excluding carboxylic acids is 2. The number of amides is 1.